The summed E-state index contributed by atoms with van der Waals surface area (Å²) in [6, 6.07) is 16.3. The molecule has 46 heavy (non-hydrogen) atoms. The van der Waals surface area contributed by atoms with Crippen LogP contribution in [0.25, 0.3) is 0 Å². The number of carbonyl (C=O) groups is 4. The van der Waals surface area contributed by atoms with Crippen LogP contribution in [0.4, 0.5) is 0 Å². The number of hydrogen-bond donors (Lipinski definition) is 1. The van der Waals surface area contributed by atoms with Crippen LogP contribution in [0, 0.1) is 0 Å². The molecule has 0 aromatic heterocycles. The number of esters is 2. The van der Waals surface area contributed by atoms with E-state index in [0.29, 0.717) is 11.1 Å². The molecule has 6 aliphatic heterocycles. The second-order valence-corrected chi connectivity index (χ2v) is 14.6. The minimum Gasteiger partial charge on any atom is -0.473 e. The summed E-state index contributed by atoms with van der Waals surface area (Å²) in [4.78, 5) is 56.2. The SMILES string of the molecule is O=C(Cc1ccccc1)O[C@H]1C=CC=C2C[C@@]34SS[C@]5(CC6=COC=C[C@H](OC(=O)C(O)c7ccccc7)[C@H]6N5C3=O)C(=O)N4[C@@H]21. The Morgan fingerprint density at radius 1 is 0.870 bits per heavy atom. The van der Waals surface area contributed by atoms with Crippen LogP contribution >= 0.6 is 21.6 Å². The number of fused-ring (bicyclic) bond motifs is 3. The van der Waals surface area contributed by atoms with Gasteiger partial charge in [-0.3, -0.25) is 14.4 Å². The van der Waals surface area contributed by atoms with Gasteiger partial charge in [0.25, 0.3) is 11.8 Å². The molecule has 2 amide bonds. The molecule has 1 N–H and O–H groups in total. The summed E-state index contributed by atoms with van der Waals surface area (Å²) in [5, 5.41) is 10.7. The summed E-state index contributed by atoms with van der Waals surface area (Å²) in [5.74, 6) is -1.86. The summed E-state index contributed by atoms with van der Waals surface area (Å²) in [6.07, 6.45) is 7.06. The van der Waals surface area contributed by atoms with Gasteiger partial charge in [-0.05, 0) is 34.4 Å². The van der Waals surface area contributed by atoms with Gasteiger partial charge in [0.1, 0.15) is 12.2 Å². The second-order valence-electron chi connectivity index (χ2n) is 11.9. The molecule has 2 bridgehead atoms. The van der Waals surface area contributed by atoms with Gasteiger partial charge in [0.05, 0.1) is 31.0 Å². The number of allylic oxidation sites excluding steroid dienone is 2. The number of amides is 2. The van der Waals surface area contributed by atoms with Crippen molar-refractivity contribution in [2.75, 3.05) is 0 Å². The topological polar surface area (TPSA) is 123 Å². The lowest BCUT2D eigenvalue weighted by atomic mass is 9.96. The van der Waals surface area contributed by atoms with Crippen LogP contribution in [0.1, 0.15) is 30.1 Å². The van der Waals surface area contributed by atoms with Gasteiger partial charge in [-0.2, -0.15) is 0 Å². The Hall–Kier alpha value is -4.26. The van der Waals surface area contributed by atoms with Crippen molar-refractivity contribution in [3.8, 4) is 0 Å². The molecule has 6 heterocycles. The van der Waals surface area contributed by atoms with E-state index >= 15 is 0 Å². The van der Waals surface area contributed by atoms with Crippen molar-refractivity contribution in [2.24, 2.45) is 0 Å². The van der Waals surface area contributed by atoms with E-state index in [2.05, 4.69) is 0 Å². The average Bonchev–Trinajstić information content (AvgIpc) is 3.53. The first-order valence-corrected chi connectivity index (χ1v) is 17.1. The fourth-order valence-corrected chi connectivity index (χ4v) is 11.0. The lowest BCUT2D eigenvalue weighted by Gasteiger charge is -2.58. The van der Waals surface area contributed by atoms with Crippen LogP contribution in [0.15, 0.2) is 109 Å². The summed E-state index contributed by atoms with van der Waals surface area (Å²) >= 11 is 0. The Bertz CT molecular complexity index is 1760. The number of hydrogen-bond acceptors (Lipinski definition) is 10. The lowest BCUT2D eigenvalue weighted by molar-refractivity contribution is -0.173. The van der Waals surface area contributed by atoms with Crippen molar-refractivity contribution in [1.82, 2.24) is 9.80 Å². The van der Waals surface area contributed by atoms with Gasteiger partial charge in [0.15, 0.2) is 15.8 Å². The highest BCUT2D eigenvalue weighted by molar-refractivity contribution is 8.78. The zero-order valence-corrected chi connectivity index (χ0v) is 25.9. The molecular weight excluding hydrogens is 629 g/mol. The molecule has 7 aliphatic rings. The molecule has 10 nitrogen and oxygen atoms in total. The largest absolute Gasteiger partial charge is 0.473 e. The third-order valence-corrected chi connectivity index (χ3v) is 12.8. The second kappa shape index (κ2) is 10.9. The number of nitrogens with zero attached hydrogens (tertiary/aromatic N) is 2. The summed E-state index contributed by atoms with van der Waals surface area (Å²) in [5.41, 5.74) is 2.65. The predicted molar refractivity (Wildman–Crippen MR) is 168 cm³/mol. The van der Waals surface area contributed by atoms with Gasteiger partial charge in [0.2, 0.25) is 0 Å². The highest BCUT2D eigenvalue weighted by Gasteiger charge is 2.77. The van der Waals surface area contributed by atoms with Crippen molar-refractivity contribution in [3.05, 3.63) is 120 Å². The molecule has 0 saturated carbocycles. The van der Waals surface area contributed by atoms with Gasteiger partial charge in [-0.15, -0.1) is 0 Å². The number of piperazine rings is 1. The third-order valence-electron chi connectivity index (χ3n) is 9.25. The monoisotopic (exact) mass is 656 g/mol. The van der Waals surface area contributed by atoms with E-state index in [4.69, 9.17) is 14.2 Å². The third kappa shape index (κ3) is 4.30. The van der Waals surface area contributed by atoms with E-state index in [0.717, 1.165) is 11.1 Å². The van der Waals surface area contributed by atoms with Crippen LogP contribution < -0.4 is 0 Å². The molecule has 1 unspecified atom stereocenters. The normalized spacial score (nSPS) is 32.3. The summed E-state index contributed by atoms with van der Waals surface area (Å²) < 4.78 is 17.4. The van der Waals surface area contributed by atoms with Crippen molar-refractivity contribution in [3.63, 3.8) is 0 Å². The minimum atomic E-state index is -1.53. The highest BCUT2D eigenvalue weighted by Crippen LogP contribution is 2.69. The Balaban J connectivity index is 1.09. The Morgan fingerprint density at radius 2 is 1.48 bits per heavy atom. The Morgan fingerprint density at radius 3 is 2.17 bits per heavy atom. The Labute approximate surface area is 272 Å². The molecule has 1 aliphatic carbocycles. The number of aliphatic hydroxyl groups excluding tert-OH is 1. The number of rotatable bonds is 6. The van der Waals surface area contributed by atoms with Crippen LogP contribution in [-0.4, -0.2) is 72.7 Å². The van der Waals surface area contributed by atoms with Gasteiger partial charge >= 0.3 is 11.9 Å². The van der Waals surface area contributed by atoms with E-state index < -0.39 is 52.1 Å². The number of benzene rings is 2. The van der Waals surface area contributed by atoms with Crippen molar-refractivity contribution in [2.45, 2.75) is 59.4 Å². The standard InChI is InChI=1S/C34H28N2O8S2/c37-26(16-20-8-3-1-4-9-20)43-24-13-7-12-22-17-33-31(40)36-28-23(18-34(36,46-45-33)32(41)35(33)27(22)24)19-42-15-14-25(28)44-30(39)29(38)21-10-5-2-6-11-21/h1-15,19,24-25,27-29,38H,16-18H2/t24-,25-,27-,28-,29?,33+,34+/m0/s1. The fraction of sp³-hybridized carbons (Fsp3) is 0.294. The van der Waals surface area contributed by atoms with Gasteiger partial charge in [0, 0.05) is 12.8 Å². The molecule has 2 aromatic carbocycles. The smallest absolute Gasteiger partial charge is 0.340 e. The number of aliphatic hydroxyl groups is 1. The highest BCUT2D eigenvalue weighted by atomic mass is 33.1. The predicted octanol–water partition coefficient (Wildman–Crippen LogP) is 3.71. The molecular formula is C34H28N2O8S2. The Kier molecular flexibility index (Phi) is 6.93. The number of ether oxygens (including phenoxy) is 3. The summed E-state index contributed by atoms with van der Waals surface area (Å²) in [7, 11) is 2.69. The quantitative estimate of drug-likeness (QED) is 0.364. The maximum absolute atomic E-state index is 14.7. The number of carbonyl (C=O) groups excluding carboxylic acids is 4. The lowest BCUT2D eigenvalue weighted by Crippen LogP contribution is -2.77. The molecule has 12 heteroatoms. The van der Waals surface area contributed by atoms with E-state index in [9.17, 15) is 24.3 Å². The molecule has 234 valence electrons. The van der Waals surface area contributed by atoms with Crippen LogP contribution in [0.3, 0.4) is 0 Å². The van der Waals surface area contributed by atoms with Crippen LogP contribution in [-0.2, 0) is 39.8 Å². The van der Waals surface area contributed by atoms with Gasteiger partial charge in [-0.25, -0.2) is 4.79 Å². The molecule has 7 atom stereocenters. The van der Waals surface area contributed by atoms with Crippen molar-refractivity contribution < 1.29 is 38.5 Å². The van der Waals surface area contributed by atoms with Crippen LogP contribution in [0.5, 0.6) is 0 Å². The van der Waals surface area contributed by atoms with Gasteiger partial charge in [-0.1, -0.05) is 94.4 Å². The first-order chi connectivity index (χ1) is 22.3. The first-order valence-electron chi connectivity index (χ1n) is 14.9. The zero-order chi connectivity index (χ0) is 31.6. The first kappa shape index (κ1) is 29.2. The molecule has 2 aromatic rings. The van der Waals surface area contributed by atoms with E-state index in [1.165, 1.54) is 40.2 Å². The molecule has 9 rings (SSSR count). The van der Waals surface area contributed by atoms with Crippen LogP contribution in [0.2, 0.25) is 0 Å². The summed E-state index contributed by atoms with van der Waals surface area (Å²) in [6.45, 7) is 0. The molecule has 0 radical (unpaired) electrons. The maximum atomic E-state index is 14.7. The maximum Gasteiger partial charge on any atom is 0.340 e. The minimum absolute atomic E-state index is 0.0831. The zero-order valence-electron chi connectivity index (χ0n) is 24.3. The van der Waals surface area contributed by atoms with Gasteiger partial charge < -0.3 is 29.1 Å². The van der Waals surface area contributed by atoms with E-state index in [1.54, 1.807) is 46.2 Å². The molecule has 2 spiro atoms. The van der Waals surface area contributed by atoms with E-state index in [1.807, 2.05) is 42.5 Å². The fourth-order valence-electron chi connectivity index (χ4n) is 7.24. The average molecular weight is 657 g/mol. The van der Waals surface area contributed by atoms with Crippen molar-refractivity contribution >= 4 is 45.3 Å². The van der Waals surface area contributed by atoms with Crippen molar-refractivity contribution in [1.29, 1.82) is 0 Å². The molecule has 5 saturated heterocycles. The molecule has 5 fully saturated rings. The van der Waals surface area contributed by atoms with E-state index in [-0.39, 0.29) is 31.1 Å².